The molecule has 1 unspecified atom stereocenters. The quantitative estimate of drug-likeness (QED) is 0.548. The first-order valence-corrected chi connectivity index (χ1v) is 12.3. The summed E-state index contributed by atoms with van der Waals surface area (Å²) in [6.45, 7) is 6.64. The molecule has 2 aliphatic rings. The minimum atomic E-state index is -0.108. The number of piperidine rings is 1. The predicted molar refractivity (Wildman–Crippen MR) is 127 cm³/mol. The smallest absolute Gasteiger partial charge is 0.272 e. The summed E-state index contributed by atoms with van der Waals surface area (Å²) in [4.78, 5) is 30.0. The van der Waals surface area contributed by atoms with Crippen LogP contribution in [0.25, 0.3) is 11.3 Å². The second-order valence-corrected chi connectivity index (χ2v) is 9.73. The first-order chi connectivity index (χ1) is 15.5. The molecular formula is C25H33ClN4O2. The van der Waals surface area contributed by atoms with Gasteiger partial charge in [0.2, 0.25) is 5.91 Å². The highest BCUT2D eigenvalue weighted by molar-refractivity contribution is 6.30. The van der Waals surface area contributed by atoms with Gasteiger partial charge in [-0.05, 0) is 43.4 Å². The highest BCUT2D eigenvalue weighted by Crippen LogP contribution is 2.30. The Bertz CT molecular complexity index is 955. The van der Waals surface area contributed by atoms with Gasteiger partial charge in [0.15, 0.2) is 0 Å². The zero-order valence-electron chi connectivity index (χ0n) is 19.1. The lowest BCUT2D eigenvalue weighted by Gasteiger charge is -2.36. The standard InChI is InChI=1S/C25H33ClN4O2/c1-3-4-5-8-21-16-29(17-24(31)28-13-6-7-18(2)15-28)25(32)23-14-22(27-30(21)23)19-9-11-20(26)12-10-19/h9-12,14,18,21H,3-8,13,15-17H2,1-2H3/t18-,21?/m1/s1. The molecular weight excluding hydrogens is 424 g/mol. The summed E-state index contributed by atoms with van der Waals surface area (Å²) in [5, 5.41) is 5.47. The third-order valence-corrected chi connectivity index (χ3v) is 6.89. The molecule has 1 aromatic carbocycles. The predicted octanol–water partition coefficient (Wildman–Crippen LogP) is 5.04. The molecule has 2 aliphatic heterocycles. The zero-order valence-corrected chi connectivity index (χ0v) is 19.9. The van der Waals surface area contributed by atoms with E-state index in [9.17, 15) is 9.59 Å². The van der Waals surface area contributed by atoms with Gasteiger partial charge in [0, 0.05) is 30.2 Å². The molecule has 2 amide bonds. The van der Waals surface area contributed by atoms with Crippen LogP contribution in [0.1, 0.15) is 68.9 Å². The zero-order chi connectivity index (χ0) is 22.7. The fourth-order valence-corrected chi connectivity index (χ4v) is 4.96. The molecule has 0 bridgehead atoms. The van der Waals surface area contributed by atoms with Crippen molar-refractivity contribution in [1.82, 2.24) is 19.6 Å². The molecule has 1 aromatic heterocycles. The molecule has 1 saturated heterocycles. The lowest BCUT2D eigenvalue weighted by Crippen LogP contribution is -2.50. The molecule has 172 valence electrons. The van der Waals surface area contributed by atoms with Crippen LogP contribution in [0.5, 0.6) is 0 Å². The summed E-state index contributed by atoms with van der Waals surface area (Å²) in [6.07, 6.45) is 6.52. The highest BCUT2D eigenvalue weighted by atomic mass is 35.5. The SMILES string of the molecule is CCCCCC1CN(CC(=O)N2CCC[C@@H](C)C2)C(=O)c2cc(-c3ccc(Cl)cc3)nn21. The summed E-state index contributed by atoms with van der Waals surface area (Å²) in [7, 11) is 0. The first-order valence-electron chi connectivity index (χ1n) is 11.9. The van der Waals surface area contributed by atoms with Gasteiger partial charge in [0.25, 0.3) is 5.91 Å². The normalized spacial score (nSPS) is 21.0. The van der Waals surface area contributed by atoms with Gasteiger partial charge in [0.05, 0.1) is 11.7 Å². The second-order valence-electron chi connectivity index (χ2n) is 9.29. The van der Waals surface area contributed by atoms with Crippen molar-refractivity contribution < 1.29 is 9.59 Å². The molecule has 3 heterocycles. The fraction of sp³-hybridized carbons (Fsp3) is 0.560. The van der Waals surface area contributed by atoms with Crippen molar-refractivity contribution in [3.8, 4) is 11.3 Å². The van der Waals surface area contributed by atoms with Crippen LogP contribution >= 0.6 is 11.6 Å². The van der Waals surface area contributed by atoms with E-state index in [1.807, 2.05) is 39.9 Å². The van der Waals surface area contributed by atoms with Gasteiger partial charge in [-0.25, -0.2) is 0 Å². The van der Waals surface area contributed by atoms with Gasteiger partial charge in [-0.1, -0.05) is 56.8 Å². The number of carbonyl (C=O) groups excluding carboxylic acids is 2. The number of hydrogen-bond donors (Lipinski definition) is 0. The van der Waals surface area contributed by atoms with E-state index in [2.05, 4.69) is 13.8 Å². The Morgan fingerprint density at radius 3 is 2.69 bits per heavy atom. The summed E-state index contributed by atoms with van der Waals surface area (Å²) in [6, 6.07) is 9.46. The van der Waals surface area contributed by atoms with Crippen molar-refractivity contribution >= 4 is 23.4 Å². The van der Waals surface area contributed by atoms with Gasteiger partial charge in [-0.3, -0.25) is 14.3 Å². The van der Waals surface area contributed by atoms with E-state index < -0.39 is 0 Å². The van der Waals surface area contributed by atoms with Crippen molar-refractivity contribution in [2.45, 2.75) is 58.4 Å². The number of benzene rings is 1. The molecule has 0 radical (unpaired) electrons. The summed E-state index contributed by atoms with van der Waals surface area (Å²) >= 11 is 6.04. The lowest BCUT2D eigenvalue weighted by atomic mass is 10.00. The van der Waals surface area contributed by atoms with Crippen LogP contribution in [-0.2, 0) is 4.79 Å². The molecule has 0 saturated carbocycles. The number of halogens is 1. The second kappa shape index (κ2) is 10.1. The van der Waals surface area contributed by atoms with Crippen molar-refractivity contribution in [3.63, 3.8) is 0 Å². The van der Waals surface area contributed by atoms with Crippen LogP contribution in [-0.4, -0.2) is 57.6 Å². The lowest BCUT2D eigenvalue weighted by molar-refractivity contribution is -0.133. The molecule has 2 aromatic rings. The topological polar surface area (TPSA) is 58.4 Å². The number of amides is 2. The highest BCUT2D eigenvalue weighted by Gasteiger charge is 2.35. The fourth-order valence-electron chi connectivity index (χ4n) is 4.83. The van der Waals surface area contributed by atoms with E-state index >= 15 is 0 Å². The van der Waals surface area contributed by atoms with Crippen LogP contribution in [0.15, 0.2) is 30.3 Å². The molecule has 0 N–H and O–H groups in total. The summed E-state index contributed by atoms with van der Waals surface area (Å²) in [5.41, 5.74) is 2.27. The Balaban J connectivity index is 1.57. The summed E-state index contributed by atoms with van der Waals surface area (Å²) < 4.78 is 1.89. The maximum atomic E-state index is 13.3. The molecule has 1 fully saturated rings. The number of likely N-dealkylation sites (tertiary alicyclic amines) is 1. The van der Waals surface area contributed by atoms with Crippen LogP contribution in [0.3, 0.4) is 0 Å². The number of carbonyl (C=O) groups is 2. The average Bonchev–Trinajstić information content (AvgIpc) is 3.23. The monoisotopic (exact) mass is 456 g/mol. The summed E-state index contributed by atoms with van der Waals surface area (Å²) in [5.74, 6) is 0.473. The molecule has 4 rings (SSSR count). The molecule has 7 heteroatoms. The third-order valence-electron chi connectivity index (χ3n) is 6.64. The van der Waals surface area contributed by atoms with E-state index in [1.165, 1.54) is 6.42 Å². The Kier molecular flexibility index (Phi) is 7.19. The van der Waals surface area contributed by atoms with Gasteiger partial charge in [0.1, 0.15) is 12.2 Å². The van der Waals surface area contributed by atoms with Crippen molar-refractivity contribution in [3.05, 3.63) is 41.0 Å². The van der Waals surface area contributed by atoms with E-state index in [4.69, 9.17) is 16.7 Å². The minimum absolute atomic E-state index is 0.0584. The van der Waals surface area contributed by atoms with Crippen LogP contribution in [0.4, 0.5) is 0 Å². The van der Waals surface area contributed by atoms with Gasteiger partial charge in [-0.2, -0.15) is 5.10 Å². The third kappa shape index (κ3) is 5.01. The van der Waals surface area contributed by atoms with Crippen molar-refractivity contribution in [2.75, 3.05) is 26.2 Å². The van der Waals surface area contributed by atoms with Gasteiger partial charge >= 0.3 is 0 Å². The number of hydrogen-bond acceptors (Lipinski definition) is 3. The largest absolute Gasteiger partial charge is 0.341 e. The number of unbranched alkanes of at least 4 members (excludes halogenated alkanes) is 2. The maximum Gasteiger partial charge on any atom is 0.272 e. The minimum Gasteiger partial charge on any atom is -0.341 e. The van der Waals surface area contributed by atoms with Crippen LogP contribution in [0, 0.1) is 5.92 Å². The Morgan fingerprint density at radius 1 is 1.19 bits per heavy atom. The van der Waals surface area contributed by atoms with E-state index in [0.717, 1.165) is 56.5 Å². The van der Waals surface area contributed by atoms with Gasteiger partial charge in [-0.15, -0.1) is 0 Å². The average molecular weight is 457 g/mol. The van der Waals surface area contributed by atoms with Crippen LogP contribution < -0.4 is 0 Å². The number of fused-ring (bicyclic) bond motifs is 1. The maximum absolute atomic E-state index is 13.3. The van der Waals surface area contributed by atoms with E-state index in [-0.39, 0.29) is 24.4 Å². The number of aromatic nitrogens is 2. The van der Waals surface area contributed by atoms with E-state index in [1.54, 1.807) is 4.90 Å². The molecule has 6 nitrogen and oxygen atoms in total. The number of nitrogens with zero attached hydrogens (tertiary/aromatic N) is 4. The Labute approximate surface area is 195 Å². The van der Waals surface area contributed by atoms with E-state index in [0.29, 0.717) is 23.2 Å². The van der Waals surface area contributed by atoms with Crippen molar-refractivity contribution in [1.29, 1.82) is 0 Å². The molecule has 0 aliphatic carbocycles. The number of rotatable bonds is 7. The Morgan fingerprint density at radius 2 is 1.97 bits per heavy atom. The molecule has 0 spiro atoms. The Hall–Kier alpha value is -2.34. The molecule has 2 atom stereocenters. The first kappa shape index (κ1) is 22.8. The van der Waals surface area contributed by atoms with Gasteiger partial charge < -0.3 is 9.80 Å². The van der Waals surface area contributed by atoms with Crippen LogP contribution in [0.2, 0.25) is 5.02 Å². The molecule has 32 heavy (non-hydrogen) atoms. The van der Waals surface area contributed by atoms with Crippen molar-refractivity contribution in [2.24, 2.45) is 5.92 Å².